The second-order valence-electron chi connectivity index (χ2n) is 5.98. The van der Waals surface area contributed by atoms with Crippen LogP contribution >= 0.6 is 0 Å². The van der Waals surface area contributed by atoms with Gasteiger partial charge < -0.3 is 5.32 Å². The summed E-state index contributed by atoms with van der Waals surface area (Å²) >= 11 is 0. The van der Waals surface area contributed by atoms with Crippen molar-refractivity contribution >= 4 is 0 Å². The smallest absolute Gasteiger partial charge is 0.138 e. The lowest BCUT2D eigenvalue weighted by molar-refractivity contribution is 0.446. The number of hydrogen-bond acceptors (Lipinski definition) is 3. The zero-order valence-electron chi connectivity index (χ0n) is 13.5. The molecule has 2 rings (SSSR count). The van der Waals surface area contributed by atoms with Gasteiger partial charge in [0.25, 0.3) is 0 Å². The van der Waals surface area contributed by atoms with Crippen LogP contribution in [-0.2, 0) is 13.0 Å². The molecule has 0 bridgehead atoms. The van der Waals surface area contributed by atoms with Gasteiger partial charge >= 0.3 is 0 Å². The molecule has 1 unspecified atom stereocenters. The van der Waals surface area contributed by atoms with E-state index in [-0.39, 0.29) is 6.04 Å². The lowest BCUT2D eigenvalue weighted by Crippen LogP contribution is -2.25. The summed E-state index contributed by atoms with van der Waals surface area (Å²) in [7, 11) is 0. The standard InChI is InChI=1S/C17H26N4/c1-5-18-16(15-8-6-7-14(4)9-15)10-17-19-12-20-21(17)11-13(2)3/h6-9,12-13,16,18H,5,10-11H2,1-4H3. The Balaban J connectivity index is 2.18. The number of benzene rings is 1. The lowest BCUT2D eigenvalue weighted by atomic mass is 10.0. The molecule has 1 heterocycles. The summed E-state index contributed by atoms with van der Waals surface area (Å²) in [6, 6.07) is 8.96. The van der Waals surface area contributed by atoms with Crippen LogP contribution in [0.4, 0.5) is 0 Å². The summed E-state index contributed by atoms with van der Waals surface area (Å²) in [5.74, 6) is 1.62. The Morgan fingerprint density at radius 1 is 1.29 bits per heavy atom. The quantitative estimate of drug-likeness (QED) is 0.850. The summed E-state index contributed by atoms with van der Waals surface area (Å²) in [6.07, 6.45) is 2.53. The largest absolute Gasteiger partial charge is 0.310 e. The first-order valence-corrected chi connectivity index (χ1v) is 7.76. The Kier molecular flexibility index (Phi) is 5.51. The number of nitrogens with one attached hydrogen (secondary N) is 1. The maximum absolute atomic E-state index is 4.45. The summed E-state index contributed by atoms with van der Waals surface area (Å²) < 4.78 is 2.03. The van der Waals surface area contributed by atoms with Gasteiger partial charge in [0.15, 0.2) is 0 Å². The molecule has 1 aromatic carbocycles. The van der Waals surface area contributed by atoms with E-state index in [4.69, 9.17) is 0 Å². The molecule has 1 N–H and O–H groups in total. The van der Waals surface area contributed by atoms with E-state index in [0.717, 1.165) is 25.3 Å². The molecule has 0 spiro atoms. The van der Waals surface area contributed by atoms with Crippen LogP contribution in [0.25, 0.3) is 0 Å². The lowest BCUT2D eigenvalue weighted by Gasteiger charge is -2.19. The third-order valence-electron chi connectivity index (χ3n) is 3.52. The molecule has 114 valence electrons. The second kappa shape index (κ2) is 7.36. The van der Waals surface area contributed by atoms with Gasteiger partial charge in [-0.15, -0.1) is 0 Å². The van der Waals surface area contributed by atoms with Crippen LogP contribution in [0.15, 0.2) is 30.6 Å². The van der Waals surface area contributed by atoms with Gasteiger partial charge in [0, 0.05) is 19.0 Å². The predicted molar refractivity (Wildman–Crippen MR) is 86.2 cm³/mol. The monoisotopic (exact) mass is 286 g/mol. The fourth-order valence-electron chi connectivity index (χ4n) is 2.57. The third-order valence-corrected chi connectivity index (χ3v) is 3.52. The third kappa shape index (κ3) is 4.39. The van der Waals surface area contributed by atoms with Crippen LogP contribution < -0.4 is 5.32 Å². The molecular weight excluding hydrogens is 260 g/mol. The minimum absolute atomic E-state index is 0.282. The van der Waals surface area contributed by atoms with Gasteiger partial charge in [-0.05, 0) is 24.9 Å². The molecule has 2 aromatic rings. The molecule has 0 radical (unpaired) electrons. The van der Waals surface area contributed by atoms with E-state index in [1.807, 2.05) is 4.68 Å². The van der Waals surface area contributed by atoms with E-state index in [0.29, 0.717) is 5.92 Å². The van der Waals surface area contributed by atoms with Crippen LogP contribution in [0.1, 0.15) is 43.8 Å². The van der Waals surface area contributed by atoms with Crippen molar-refractivity contribution in [3.63, 3.8) is 0 Å². The van der Waals surface area contributed by atoms with Crippen LogP contribution in [0.2, 0.25) is 0 Å². The first kappa shape index (κ1) is 15.7. The normalized spacial score (nSPS) is 12.8. The van der Waals surface area contributed by atoms with Gasteiger partial charge in [-0.3, -0.25) is 0 Å². The summed E-state index contributed by atoms with van der Waals surface area (Å²) in [6.45, 7) is 10.5. The Bertz CT molecular complexity index is 559. The van der Waals surface area contributed by atoms with Gasteiger partial charge in [0.1, 0.15) is 12.2 Å². The highest BCUT2D eigenvalue weighted by Gasteiger charge is 2.15. The van der Waals surface area contributed by atoms with E-state index in [9.17, 15) is 0 Å². The second-order valence-corrected chi connectivity index (χ2v) is 5.98. The minimum Gasteiger partial charge on any atom is -0.310 e. The molecule has 0 saturated heterocycles. The van der Waals surface area contributed by atoms with Gasteiger partial charge in [-0.1, -0.05) is 50.6 Å². The highest BCUT2D eigenvalue weighted by Crippen LogP contribution is 2.19. The molecule has 0 saturated carbocycles. The van der Waals surface area contributed by atoms with Crippen LogP contribution in [0.5, 0.6) is 0 Å². The SMILES string of the molecule is CCNC(Cc1ncnn1CC(C)C)c1cccc(C)c1. The molecule has 1 atom stereocenters. The molecule has 0 aliphatic heterocycles. The summed E-state index contributed by atoms with van der Waals surface area (Å²) in [5, 5.41) is 7.92. The Morgan fingerprint density at radius 3 is 2.76 bits per heavy atom. The van der Waals surface area contributed by atoms with E-state index in [2.05, 4.69) is 67.4 Å². The molecule has 0 amide bonds. The zero-order valence-corrected chi connectivity index (χ0v) is 13.5. The van der Waals surface area contributed by atoms with Crippen molar-refractivity contribution in [2.24, 2.45) is 5.92 Å². The molecular formula is C17H26N4. The van der Waals surface area contributed by atoms with Crippen molar-refractivity contribution in [1.29, 1.82) is 0 Å². The fourth-order valence-corrected chi connectivity index (χ4v) is 2.57. The molecule has 1 aromatic heterocycles. The van der Waals surface area contributed by atoms with E-state index in [1.165, 1.54) is 11.1 Å². The van der Waals surface area contributed by atoms with Crippen molar-refractivity contribution in [2.45, 2.75) is 46.7 Å². The zero-order chi connectivity index (χ0) is 15.2. The highest BCUT2D eigenvalue weighted by molar-refractivity contribution is 5.25. The number of hydrogen-bond donors (Lipinski definition) is 1. The van der Waals surface area contributed by atoms with Crippen LogP contribution in [0, 0.1) is 12.8 Å². The highest BCUT2D eigenvalue weighted by atomic mass is 15.3. The average Bonchev–Trinajstić information content (AvgIpc) is 2.85. The number of aryl methyl sites for hydroxylation is 1. The first-order valence-electron chi connectivity index (χ1n) is 7.76. The van der Waals surface area contributed by atoms with Crippen molar-refractivity contribution in [3.8, 4) is 0 Å². The van der Waals surface area contributed by atoms with Gasteiger partial charge in [-0.25, -0.2) is 9.67 Å². The van der Waals surface area contributed by atoms with Crippen LogP contribution in [0.3, 0.4) is 0 Å². The fraction of sp³-hybridized carbons (Fsp3) is 0.529. The van der Waals surface area contributed by atoms with Crippen molar-refractivity contribution in [3.05, 3.63) is 47.5 Å². The first-order chi connectivity index (χ1) is 10.1. The number of rotatable bonds is 7. The Labute approximate surface area is 127 Å². The molecule has 4 nitrogen and oxygen atoms in total. The van der Waals surface area contributed by atoms with Crippen molar-refractivity contribution in [2.75, 3.05) is 6.54 Å². The Morgan fingerprint density at radius 2 is 2.10 bits per heavy atom. The topological polar surface area (TPSA) is 42.7 Å². The predicted octanol–water partition coefficient (Wildman–Crippen LogP) is 3.14. The van der Waals surface area contributed by atoms with Gasteiger partial charge in [0.05, 0.1) is 0 Å². The molecule has 4 heteroatoms. The summed E-state index contributed by atoms with van der Waals surface area (Å²) in [5.41, 5.74) is 2.61. The van der Waals surface area contributed by atoms with E-state index < -0.39 is 0 Å². The van der Waals surface area contributed by atoms with Crippen molar-refractivity contribution < 1.29 is 0 Å². The molecule has 21 heavy (non-hydrogen) atoms. The number of likely N-dealkylation sites (N-methyl/N-ethyl adjacent to an activating group) is 1. The Hall–Kier alpha value is -1.68. The van der Waals surface area contributed by atoms with E-state index in [1.54, 1.807) is 6.33 Å². The number of aromatic nitrogens is 3. The van der Waals surface area contributed by atoms with E-state index >= 15 is 0 Å². The maximum atomic E-state index is 4.45. The van der Waals surface area contributed by atoms with Crippen LogP contribution in [-0.4, -0.2) is 21.3 Å². The maximum Gasteiger partial charge on any atom is 0.138 e. The van der Waals surface area contributed by atoms with Gasteiger partial charge in [0.2, 0.25) is 0 Å². The molecule has 0 aliphatic carbocycles. The minimum atomic E-state index is 0.282. The van der Waals surface area contributed by atoms with Crippen molar-refractivity contribution in [1.82, 2.24) is 20.1 Å². The summed E-state index contributed by atoms with van der Waals surface area (Å²) in [4.78, 5) is 4.45. The molecule has 0 aliphatic rings. The van der Waals surface area contributed by atoms with Gasteiger partial charge in [-0.2, -0.15) is 5.10 Å². The molecule has 0 fully saturated rings. The number of nitrogens with zero attached hydrogens (tertiary/aromatic N) is 3. The average molecular weight is 286 g/mol.